The molecular weight excluding hydrogens is 402 g/mol. The Labute approximate surface area is 185 Å². The van der Waals surface area contributed by atoms with Crippen LogP contribution in [0.2, 0.25) is 0 Å². The van der Waals surface area contributed by atoms with Crippen LogP contribution in [0.4, 0.5) is 11.6 Å². The van der Waals surface area contributed by atoms with E-state index in [-0.39, 0.29) is 18.2 Å². The lowest BCUT2D eigenvalue weighted by molar-refractivity contribution is -0.124. The first-order chi connectivity index (χ1) is 15.6. The average molecular weight is 425 g/mol. The summed E-state index contributed by atoms with van der Waals surface area (Å²) in [4.78, 5) is 36.8. The topological polar surface area (TPSA) is 80.1 Å². The van der Waals surface area contributed by atoms with Crippen molar-refractivity contribution in [3.05, 3.63) is 84.2 Å². The largest absolute Gasteiger partial charge is 0.326 e. The van der Waals surface area contributed by atoms with E-state index < -0.39 is 6.04 Å². The summed E-state index contributed by atoms with van der Waals surface area (Å²) in [5, 5.41) is 2.92. The standard InChI is InChI=1S/C25H23N5O2/c1-2-17-9-11-19(12-10-17)27-23(31)14-22-24(32)29(16-18-6-5-13-26-15-18)25-28-20-7-3-4-8-21(20)30(22)25/h3-13,15,22H,2,14,16H2,1H3,(H,27,31)/t22-/m0/s1. The molecule has 32 heavy (non-hydrogen) atoms. The summed E-state index contributed by atoms with van der Waals surface area (Å²) >= 11 is 0. The van der Waals surface area contributed by atoms with Crippen molar-refractivity contribution in [3.63, 3.8) is 0 Å². The summed E-state index contributed by atoms with van der Waals surface area (Å²) in [5.41, 5.74) is 4.47. The molecule has 1 N–H and O–H groups in total. The third kappa shape index (κ3) is 3.62. The SMILES string of the molecule is CCc1ccc(NC(=O)C[C@H]2C(=O)N(Cc3cccnc3)c3nc4ccccc4n32)cc1. The number of nitrogens with one attached hydrogen (secondary N) is 1. The van der Waals surface area contributed by atoms with Gasteiger partial charge in [0, 0.05) is 18.1 Å². The lowest BCUT2D eigenvalue weighted by atomic mass is 10.1. The van der Waals surface area contributed by atoms with Gasteiger partial charge in [0.05, 0.1) is 24.0 Å². The molecule has 1 atom stereocenters. The molecule has 1 aliphatic heterocycles. The van der Waals surface area contributed by atoms with Crippen molar-refractivity contribution >= 4 is 34.5 Å². The highest BCUT2D eigenvalue weighted by molar-refractivity contribution is 6.05. The highest BCUT2D eigenvalue weighted by Gasteiger charge is 2.40. The van der Waals surface area contributed by atoms with Crippen molar-refractivity contribution in [3.8, 4) is 0 Å². The monoisotopic (exact) mass is 425 g/mol. The van der Waals surface area contributed by atoms with Crippen LogP contribution in [-0.4, -0.2) is 26.3 Å². The average Bonchev–Trinajstić information content (AvgIpc) is 3.31. The van der Waals surface area contributed by atoms with Crippen molar-refractivity contribution in [1.82, 2.24) is 14.5 Å². The number of carbonyl (C=O) groups is 2. The number of benzene rings is 2. The number of aryl methyl sites for hydroxylation is 1. The van der Waals surface area contributed by atoms with E-state index in [1.807, 2.05) is 65.2 Å². The Kier molecular flexibility index (Phi) is 5.15. The zero-order valence-electron chi connectivity index (χ0n) is 17.7. The number of pyridine rings is 1. The molecule has 0 aliphatic carbocycles. The number of amides is 2. The number of hydrogen-bond acceptors (Lipinski definition) is 4. The molecule has 0 unspecified atom stereocenters. The molecule has 7 heteroatoms. The molecule has 0 spiro atoms. The molecule has 1 aliphatic rings. The van der Waals surface area contributed by atoms with E-state index in [4.69, 9.17) is 4.98 Å². The molecule has 2 aromatic carbocycles. The van der Waals surface area contributed by atoms with Gasteiger partial charge in [-0.3, -0.25) is 24.0 Å². The fourth-order valence-corrected chi connectivity index (χ4v) is 4.13. The summed E-state index contributed by atoms with van der Waals surface area (Å²) < 4.78 is 1.88. The van der Waals surface area contributed by atoms with E-state index in [1.165, 1.54) is 5.56 Å². The second-order valence-corrected chi connectivity index (χ2v) is 7.87. The van der Waals surface area contributed by atoms with Crippen LogP contribution in [0.25, 0.3) is 11.0 Å². The minimum atomic E-state index is -0.649. The zero-order valence-corrected chi connectivity index (χ0v) is 17.7. The maximum Gasteiger partial charge on any atom is 0.253 e. The van der Waals surface area contributed by atoms with Gasteiger partial charge in [-0.1, -0.05) is 37.3 Å². The Morgan fingerprint density at radius 1 is 1.03 bits per heavy atom. The molecule has 4 aromatic rings. The molecule has 2 aromatic heterocycles. The molecule has 5 rings (SSSR count). The van der Waals surface area contributed by atoms with Crippen molar-refractivity contribution in [1.29, 1.82) is 0 Å². The quantitative estimate of drug-likeness (QED) is 0.504. The Morgan fingerprint density at radius 3 is 2.59 bits per heavy atom. The molecule has 0 fully saturated rings. The van der Waals surface area contributed by atoms with Gasteiger partial charge in [0.2, 0.25) is 11.9 Å². The number of imidazole rings is 1. The van der Waals surface area contributed by atoms with Gasteiger partial charge in [0.1, 0.15) is 6.04 Å². The fraction of sp³-hybridized carbons (Fsp3) is 0.200. The lowest BCUT2D eigenvalue weighted by Gasteiger charge is -2.16. The van der Waals surface area contributed by atoms with Gasteiger partial charge in [-0.15, -0.1) is 0 Å². The van der Waals surface area contributed by atoms with Gasteiger partial charge in [0.15, 0.2) is 0 Å². The van der Waals surface area contributed by atoms with Crippen molar-refractivity contribution < 1.29 is 9.59 Å². The molecule has 0 bridgehead atoms. The minimum Gasteiger partial charge on any atom is -0.326 e. The zero-order chi connectivity index (χ0) is 22.1. The van der Waals surface area contributed by atoms with E-state index in [9.17, 15) is 9.59 Å². The number of rotatable bonds is 6. The van der Waals surface area contributed by atoms with Crippen LogP contribution in [0.5, 0.6) is 0 Å². The van der Waals surface area contributed by atoms with E-state index >= 15 is 0 Å². The van der Waals surface area contributed by atoms with Crippen molar-refractivity contribution in [2.24, 2.45) is 0 Å². The third-order valence-electron chi connectivity index (χ3n) is 5.77. The predicted molar refractivity (Wildman–Crippen MR) is 123 cm³/mol. The first-order valence-corrected chi connectivity index (χ1v) is 10.7. The molecule has 7 nitrogen and oxygen atoms in total. The Morgan fingerprint density at radius 2 is 1.84 bits per heavy atom. The van der Waals surface area contributed by atoms with Gasteiger partial charge in [0.25, 0.3) is 5.91 Å². The van der Waals surface area contributed by atoms with Crippen molar-refractivity contribution in [2.45, 2.75) is 32.4 Å². The number of aromatic nitrogens is 3. The summed E-state index contributed by atoms with van der Waals surface area (Å²) in [7, 11) is 0. The predicted octanol–water partition coefficient (Wildman–Crippen LogP) is 4.11. The van der Waals surface area contributed by atoms with Crippen LogP contribution < -0.4 is 10.2 Å². The van der Waals surface area contributed by atoms with Crippen LogP contribution in [-0.2, 0) is 22.6 Å². The lowest BCUT2D eigenvalue weighted by Crippen LogP contribution is -2.31. The van der Waals surface area contributed by atoms with Crippen LogP contribution in [0.1, 0.15) is 30.5 Å². The summed E-state index contributed by atoms with van der Waals surface area (Å²) in [6.45, 7) is 2.44. The van der Waals surface area contributed by atoms with Crippen LogP contribution in [0.3, 0.4) is 0 Å². The molecule has 0 saturated carbocycles. The van der Waals surface area contributed by atoms with Crippen LogP contribution in [0.15, 0.2) is 73.1 Å². The summed E-state index contributed by atoms with van der Waals surface area (Å²) in [5.74, 6) is 0.211. The first kappa shape index (κ1) is 19.9. The number of hydrogen-bond donors (Lipinski definition) is 1. The fourth-order valence-electron chi connectivity index (χ4n) is 4.13. The highest BCUT2D eigenvalue weighted by atomic mass is 16.2. The smallest absolute Gasteiger partial charge is 0.253 e. The first-order valence-electron chi connectivity index (χ1n) is 10.7. The second-order valence-electron chi connectivity index (χ2n) is 7.87. The van der Waals surface area contributed by atoms with Gasteiger partial charge >= 0.3 is 0 Å². The van der Waals surface area contributed by atoms with Gasteiger partial charge in [-0.25, -0.2) is 4.98 Å². The molecule has 3 heterocycles. The molecule has 160 valence electrons. The molecule has 2 amide bonds. The molecular formula is C25H23N5O2. The summed E-state index contributed by atoms with van der Waals surface area (Å²) in [6, 6.07) is 18.6. The highest BCUT2D eigenvalue weighted by Crippen LogP contribution is 2.37. The third-order valence-corrected chi connectivity index (χ3v) is 5.77. The maximum absolute atomic E-state index is 13.4. The van der Waals surface area contributed by atoms with Gasteiger partial charge in [-0.05, 0) is 47.9 Å². The Balaban J connectivity index is 1.44. The van der Waals surface area contributed by atoms with Gasteiger partial charge in [-0.2, -0.15) is 0 Å². The van der Waals surface area contributed by atoms with E-state index in [0.29, 0.717) is 12.5 Å². The van der Waals surface area contributed by atoms with Crippen LogP contribution >= 0.6 is 0 Å². The van der Waals surface area contributed by atoms with Gasteiger partial charge < -0.3 is 5.32 Å². The normalized spacial score (nSPS) is 15.2. The van der Waals surface area contributed by atoms with Crippen molar-refractivity contribution in [2.75, 3.05) is 10.2 Å². The Hall–Kier alpha value is -4.00. The maximum atomic E-state index is 13.4. The number of fused-ring (bicyclic) bond motifs is 3. The molecule has 0 radical (unpaired) electrons. The van der Waals surface area contributed by atoms with E-state index in [0.717, 1.165) is 28.7 Å². The Bertz CT molecular complexity index is 1280. The molecule has 0 saturated heterocycles. The number of anilines is 2. The van der Waals surface area contributed by atoms with E-state index in [1.54, 1.807) is 17.3 Å². The number of para-hydroxylation sites is 2. The number of nitrogens with zero attached hydrogens (tertiary/aromatic N) is 4. The second kappa shape index (κ2) is 8.26. The number of carbonyl (C=O) groups excluding carboxylic acids is 2. The van der Waals surface area contributed by atoms with E-state index in [2.05, 4.69) is 17.2 Å². The summed E-state index contributed by atoms with van der Waals surface area (Å²) in [6.07, 6.45) is 4.41. The minimum absolute atomic E-state index is 0.0330. The van der Waals surface area contributed by atoms with Crippen LogP contribution in [0, 0.1) is 0 Å².